The topological polar surface area (TPSA) is 66.8 Å². The molecular formula is C28H53NO4. The van der Waals surface area contributed by atoms with Crippen LogP contribution in [0.25, 0.3) is 0 Å². The van der Waals surface area contributed by atoms with E-state index in [9.17, 15) is 9.59 Å². The Morgan fingerprint density at radius 2 is 1.30 bits per heavy atom. The van der Waals surface area contributed by atoms with Gasteiger partial charge in [0.15, 0.2) is 0 Å². The van der Waals surface area contributed by atoms with Crippen molar-refractivity contribution in [3.05, 3.63) is 0 Å². The first kappa shape index (κ1) is 29.9. The van der Waals surface area contributed by atoms with Gasteiger partial charge in [0.25, 0.3) is 0 Å². The number of hydrogen-bond acceptors (Lipinski definition) is 4. The maximum absolute atomic E-state index is 12.6. The normalized spacial score (nSPS) is 16.1. The van der Waals surface area contributed by atoms with Crippen molar-refractivity contribution in [2.24, 2.45) is 11.8 Å². The number of carboxylic acid groups (broad SMARTS) is 1. The number of likely N-dealkylation sites (tertiary alicyclic amines) is 1. The van der Waals surface area contributed by atoms with Crippen LogP contribution in [0.4, 0.5) is 0 Å². The van der Waals surface area contributed by atoms with Crippen LogP contribution in [-0.2, 0) is 14.3 Å². The molecule has 5 heteroatoms. The van der Waals surface area contributed by atoms with Gasteiger partial charge in [0, 0.05) is 6.42 Å². The summed E-state index contributed by atoms with van der Waals surface area (Å²) >= 11 is 0. The summed E-state index contributed by atoms with van der Waals surface area (Å²) in [5.74, 6) is -0.0702. The summed E-state index contributed by atoms with van der Waals surface area (Å²) in [6.45, 7) is 4.85. The number of carbonyl (C=O) groups excluding carboxylic acids is 1. The first-order valence-corrected chi connectivity index (χ1v) is 14.1. The highest BCUT2D eigenvalue weighted by Crippen LogP contribution is 2.22. The lowest BCUT2D eigenvalue weighted by atomic mass is 9.94. The predicted molar refractivity (Wildman–Crippen MR) is 136 cm³/mol. The van der Waals surface area contributed by atoms with Crippen molar-refractivity contribution in [1.82, 2.24) is 4.90 Å². The maximum Gasteiger partial charge on any atom is 0.309 e. The Balaban J connectivity index is 2.24. The van der Waals surface area contributed by atoms with Gasteiger partial charge in [0.05, 0.1) is 12.5 Å². The van der Waals surface area contributed by atoms with Crippen molar-refractivity contribution in [2.45, 2.75) is 129 Å². The average molecular weight is 468 g/mol. The monoisotopic (exact) mass is 467 g/mol. The fourth-order valence-corrected chi connectivity index (χ4v) is 4.86. The van der Waals surface area contributed by atoms with E-state index in [0.29, 0.717) is 18.9 Å². The van der Waals surface area contributed by atoms with Gasteiger partial charge in [0.1, 0.15) is 0 Å². The number of esters is 1. The average Bonchev–Trinajstić information content (AvgIpc) is 2.80. The van der Waals surface area contributed by atoms with Crippen LogP contribution in [0.3, 0.4) is 0 Å². The Bertz CT molecular complexity index is 488. The number of hydrogen-bond donors (Lipinski definition) is 1. The third kappa shape index (κ3) is 17.1. The molecule has 1 atom stereocenters. The lowest BCUT2D eigenvalue weighted by molar-refractivity contribution is -0.151. The Labute approximate surface area is 204 Å². The van der Waals surface area contributed by atoms with E-state index < -0.39 is 5.97 Å². The van der Waals surface area contributed by atoms with Gasteiger partial charge in [-0.05, 0) is 58.2 Å². The van der Waals surface area contributed by atoms with Crippen LogP contribution in [0.15, 0.2) is 0 Å². The molecule has 194 valence electrons. The van der Waals surface area contributed by atoms with Crippen LogP contribution < -0.4 is 0 Å². The number of carbonyl (C=O) groups is 2. The molecule has 1 saturated heterocycles. The Morgan fingerprint density at radius 3 is 1.82 bits per heavy atom. The number of unbranched alkanes of at least 4 members (excludes halogenated alkanes) is 12. The minimum absolute atomic E-state index is 0.0301. The largest absolute Gasteiger partial charge is 0.481 e. The zero-order valence-corrected chi connectivity index (χ0v) is 21.8. The zero-order valence-electron chi connectivity index (χ0n) is 21.8. The Hall–Kier alpha value is -1.10. The molecule has 0 aromatic heterocycles. The molecule has 5 nitrogen and oxygen atoms in total. The fourth-order valence-electron chi connectivity index (χ4n) is 4.86. The molecule has 33 heavy (non-hydrogen) atoms. The summed E-state index contributed by atoms with van der Waals surface area (Å²) < 4.78 is 5.82. The second kappa shape index (κ2) is 20.3. The second-order valence-corrected chi connectivity index (χ2v) is 10.4. The Kier molecular flexibility index (Phi) is 18.4. The van der Waals surface area contributed by atoms with Gasteiger partial charge in [-0.3, -0.25) is 9.59 Å². The number of piperidine rings is 1. The quantitative estimate of drug-likeness (QED) is 0.142. The highest BCUT2D eigenvalue weighted by Gasteiger charge is 2.25. The van der Waals surface area contributed by atoms with Gasteiger partial charge >= 0.3 is 11.9 Å². The summed E-state index contributed by atoms with van der Waals surface area (Å²) in [7, 11) is 2.12. The van der Waals surface area contributed by atoms with Crippen molar-refractivity contribution in [1.29, 1.82) is 0 Å². The van der Waals surface area contributed by atoms with Gasteiger partial charge < -0.3 is 14.7 Å². The second-order valence-electron chi connectivity index (χ2n) is 10.4. The van der Waals surface area contributed by atoms with E-state index in [-0.39, 0.29) is 11.9 Å². The van der Waals surface area contributed by atoms with Crippen molar-refractivity contribution in [3.8, 4) is 0 Å². The molecule has 1 fully saturated rings. The van der Waals surface area contributed by atoms with E-state index in [1.807, 2.05) is 0 Å². The highest BCUT2D eigenvalue weighted by atomic mass is 16.5. The predicted octanol–water partition coefficient (Wildman–Crippen LogP) is 7.22. The minimum Gasteiger partial charge on any atom is -0.481 e. The lowest BCUT2D eigenvalue weighted by Crippen LogP contribution is -2.34. The molecule has 0 aliphatic carbocycles. The third-order valence-electron chi connectivity index (χ3n) is 7.23. The van der Waals surface area contributed by atoms with E-state index in [4.69, 9.17) is 9.84 Å². The van der Waals surface area contributed by atoms with E-state index in [2.05, 4.69) is 18.9 Å². The van der Waals surface area contributed by atoms with Crippen LogP contribution >= 0.6 is 0 Å². The van der Waals surface area contributed by atoms with E-state index in [1.54, 1.807) is 0 Å². The molecule has 1 unspecified atom stereocenters. The van der Waals surface area contributed by atoms with Crippen molar-refractivity contribution >= 4 is 11.9 Å². The standard InChI is InChI=1S/C28H53NO4/c1-3-4-5-6-7-8-11-14-17-25(18-15-12-9-10-13-16-19-27(30)31)24-33-28(32)26-20-22-29(2)23-21-26/h25-26H,3-24H2,1-2H3,(H,30,31). The van der Waals surface area contributed by atoms with E-state index >= 15 is 0 Å². The SMILES string of the molecule is CCCCCCCCCCC(CCCCCCCCC(=O)O)COC(=O)C1CCN(C)CC1. The molecule has 0 aromatic rings. The molecule has 1 aliphatic heterocycles. The molecular weight excluding hydrogens is 414 g/mol. The third-order valence-corrected chi connectivity index (χ3v) is 7.23. The van der Waals surface area contributed by atoms with Crippen LogP contribution in [-0.4, -0.2) is 48.7 Å². The summed E-state index contributed by atoms with van der Waals surface area (Å²) in [6.07, 6.45) is 21.6. The van der Waals surface area contributed by atoms with Crippen molar-refractivity contribution in [2.75, 3.05) is 26.7 Å². The van der Waals surface area contributed by atoms with Crippen LogP contribution in [0.2, 0.25) is 0 Å². The summed E-state index contributed by atoms with van der Waals surface area (Å²) in [5, 5.41) is 8.71. The van der Waals surface area contributed by atoms with E-state index in [1.165, 1.54) is 77.0 Å². The van der Waals surface area contributed by atoms with Gasteiger partial charge in [-0.15, -0.1) is 0 Å². The molecule has 0 saturated carbocycles. The number of rotatable bonds is 21. The number of aliphatic carboxylic acids is 1. The van der Waals surface area contributed by atoms with Gasteiger partial charge in [-0.1, -0.05) is 90.4 Å². The minimum atomic E-state index is -0.686. The number of nitrogens with zero attached hydrogens (tertiary/aromatic N) is 1. The highest BCUT2D eigenvalue weighted by molar-refractivity contribution is 5.72. The van der Waals surface area contributed by atoms with E-state index in [0.717, 1.165) is 51.6 Å². The van der Waals surface area contributed by atoms with Gasteiger partial charge in [0.2, 0.25) is 0 Å². The molecule has 0 amide bonds. The molecule has 1 aliphatic rings. The number of carboxylic acids is 1. The summed E-state index contributed by atoms with van der Waals surface area (Å²) in [6, 6.07) is 0. The fraction of sp³-hybridized carbons (Fsp3) is 0.929. The summed E-state index contributed by atoms with van der Waals surface area (Å²) in [4.78, 5) is 25.4. The summed E-state index contributed by atoms with van der Waals surface area (Å²) in [5.41, 5.74) is 0. The molecule has 0 bridgehead atoms. The number of ether oxygens (including phenoxy) is 1. The first-order chi connectivity index (χ1) is 16.0. The van der Waals surface area contributed by atoms with Crippen molar-refractivity contribution in [3.63, 3.8) is 0 Å². The molecule has 1 heterocycles. The van der Waals surface area contributed by atoms with Crippen LogP contribution in [0.1, 0.15) is 129 Å². The molecule has 0 spiro atoms. The zero-order chi connectivity index (χ0) is 24.2. The molecule has 1 rings (SSSR count). The maximum atomic E-state index is 12.6. The van der Waals surface area contributed by atoms with Gasteiger partial charge in [-0.25, -0.2) is 0 Å². The smallest absolute Gasteiger partial charge is 0.309 e. The van der Waals surface area contributed by atoms with Crippen molar-refractivity contribution < 1.29 is 19.4 Å². The van der Waals surface area contributed by atoms with Crippen LogP contribution in [0, 0.1) is 11.8 Å². The Morgan fingerprint density at radius 1 is 0.818 bits per heavy atom. The molecule has 0 radical (unpaired) electrons. The first-order valence-electron chi connectivity index (χ1n) is 14.1. The van der Waals surface area contributed by atoms with Gasteiger partial charge in [-0.2, -0.15) is 0 Å². The molecule has 1 N–H and O–H groups in total. The lowest BCUT2D eigenvalue weighted by Gasteiger charge is -2.28. The molecule has 0 aromatic carbocycles. The van der Waals surface area contributed by atoms with Crippen LogP contribution in [0.5, 0.6) is 0 Å².